The van der Waals surface area contributed by atoms with Crippen LogP contribution in [0.3, 0.4) is 0 Å². The molecule has 6 heteroatoms. The number of hydrogen-bond acceptors (Lipinski definition) is 4. The molecule has 1 aliphatic carbocycles. The maximum Gasteiger partial charge on any atom is 0.262 e. The lowest BCUT2D eigenvalue weighted by molar-refractivity contribution is -0.121. The monoisotopic (exact) mass is 387 g/mol. The summed E-state index contributed by atoms with van der Waals surface area (Å²) >= 11 is 1.37. The van der Waals surface area contributed by atoms with Gasteiger partial charge in [0, 0.05) is 12.1 Å². The number of rotatable bonds is 5. The number of nitrogens with zero attached hydrogens (tertiary/aromatic N) is 2. The van der Waals surface area contributed by atoms with E-state index in [1.54, 1.807) is 10.6 Å². The normalized spacial score (nSPS) is 21.4. The van der Waals surface area contributed by atoms with E-state index in [1.165, 1.54) is 31.0 Å². The zero-order valence-corrected chi connectivity index (χ0v) is 17.4. The fraction of sp³-hybridized carbons (Fsp3) is 0.571. The summed E-state index contributed by atoms with van der Waals surface area (Å²) in [6.07, 6.45) is 4.65. The van der Waals surface area contributed by atoms with Crippen molar-refractivity contribution in [3.63, 3.8) is 0 Å². The topological polar surface area (TPSA) is 64.0 Å². The number of aromatic nitrogens is 2. The molecule has 1 fully saturated rings. The number of carbonyl (C=O) groups is 1. The number of nitrogens with one attached hydrogen (secondary N) is 1. The molecule has 1 N–H and O–H groups in total. The second-order valence-corrected chi connectivity index (χ2v) is 9.13. The Labute approximate surface area is 164 Å². The van der Waals surface area contributed by atoms with Gasteiger partial charge in [0.15, 0.2) is 5.16 Å². The highest BCUT2D eigenvalue weighted by atomic mass is 32.2. The highest BCUT2D eigenvalue weighted by Gasteiger charge is 2.26. The molecule has 0 radical (unpaired) electrons. The molecule has 1 aromatic heterocycles. The van der Waals surface area contributed by atoms with Crippen LogP contribution in [0.4, 0.5) is 0 Å². The van der Waals surface area contributed by atoms with Gasteiger partial charge in [0.2, 0.25) is 5.91 Å². The molecular formula is C21H29N3O2S. The molecule has 146 valence electrons. The van der Waals surface area contributed by atoms with Gasteiger partial charge in [-0.2, -0.15) is 0 Å². The molecule has 0 unspecified atom stereocenters. The van der Waals surface area contributed by atoms with Gasteiger partial charge in [-0.25, -0.2) is 4.98 Å². The van der Waals surface area contributed by atoms with Crippen molar-refractivity contribution in [1.29, 1.82) is 0 Å². The van der Waals surface area contributed by atoms with E-state index < -0.39 is 0 Å². The molecular weight excluding hydrogens is 358 g/mol. The summed E-state index contributed by atoms with van der Waals surface area (Å²) < 4.78 is 1.69. The van der Waals surface area contributed by atoms with Crippen LogP contribution < -0.4 is 10.9 Å². The molecule has 1 saturated carbocycles. The van der Waals surface area contributed by atoms with E-state index in [0.717, 1.165) is 6.42 Å². The summed E-state index contributed by atoms with van der Waals surface area (Å²) in [5.41, 5.74) is 0.627. The van der Waals surface area contributed by atoms with E-state index in [-0.39, 0.29) is 28.8 Å². The fourth-order valence-corrected chi connectivity index (χ4v) is 4.76. The molecule has 0 saturated heterocycles. The third kappa shape index (κ3) is 4.37. The van der Waals surface area contributed by atoms with Crippen LogP contribution in [-0.4, -0.2) is 26.8 Å². The minimum atomic E-state index is -0.308. The molecule has 3 rings (SSSR count). The van der Waals surface area contributed by atoms with E-state index in [0.29, 0.717) is 22.0 Å². The lowest BCUT2D eigenvalue weighted by Gasteiger charge is -2.30. The second-order valence-electron chi connectivity index (χ2n) is 7.82. The average Bonchev–Trinajstić information content (AvgIpc) is 2.63. The molecule has 1 aliphatic rings. The molecule has 1 amide bonds. The largest absolute Gasteiger partial charge is 0.352 e. The first-order chi connectivity index (χ1) is 12.9. The van der Waals surface area contributed by atoms with Crippen LogP contribution in [0.15, 0.2) is 34.2 Å². The van der Waals surface area contributed by atoms with E-state index in [2.05, 4.69) is 17.2 Å². The Kier molecular flexibility index (Phi) is 6.25. The molecule has 2 aromatic rings. The number of fused-ring (bicyclic) bond motifs is 1. The summed E-state index contributed by atoms with van der Waals surface area (Å²) in [7, 11) is 0. The zero-order valence-electron chi connectivity index (χ0n) is 16.6. The number of para-hydroxylation sites is 1. The van der Waals surface area contributed by atoms with E-state index >= 15 is 0 Å². The third-order valence-corrected chi connectivity index (χ3v) is 6.45. The Balaban J connectivity index is 1.83. The van der Waals surface area contributed by atoms with Crippen LogP contribution >= 0.6 is 11.8 Å². The van der Waals surface area contributed by atoms with Crippen LogP contribution in [0.5, 0.6) is 0 Å². The number of carbonyl (C=O) groups excluding carboxylic acids is 1. The maximum atomic E-state index is 12.9. The van der Waals surface area contributed by atoms with E-state index in [9.17, 15) is 9.59 Å². The van der Waals surface area contributed by atoms with Crippen molar-refractivity contribution >= 4 is 28.6 Å². The Morgan fingerprint density at radius 2 is 1.93 bits per heavy atom. The Morgan fingerprint density at radius 3 is 2.63 bits per heavy atom. The first-order valence-electron chi connectivity index (χ1n) is 9.86. The van der Waals surface area contributed by atoms with Gasteiger partial charge in [0.1, 0.15) is 0 Å². The van der Waals surface area contributed by atoms with Crippen LogP contribution in [0, 0.1) is 5.92 Å². The summed E-state index contributed by atoms with van der Waals surface area (Å²) in [6.45, 7) is 8.04. The molecule has 0 bridgehead atoms. The predicted octanol–water partition coefficient (Wildman–Crippen LogP) is 4.15. The maximum absolute atomic E-state index is 12.9. The van der Waals surface area contributed by atoms with Crippen molar-refractivity contribution in [2.24, 2.45) is 5.92 Å². The minimum Gasteiger partial charge on any atom is -0.352 e. The fourth-order valence-electron chi connectivity index (χ4n) is 3.71. The van der Waals surface area contributed by atoms with Gasteiger partial charge in [-0.3, -0.25) is 14.2 Å². The summed E-state index contributed by atoms with van der Waals surface area (Å²) in [5.74, 6) is 0.545. The Bertz CT molecular complexity index is 877. The van der Waals surface area contributed by atoms with Crippen molar-refractivity contribution < 1.29 is 4.79 Å². The van der Waals surface area contributed by atoms with Crippen LogP contribution in [0.25, 0.3) is 10.9 Å². The van der Waals surface area contributed by atoms with Gasteiger partial charge < -0.3 is 5.32 Å². The van der Waals surface area contributed by atoms with Crippen molar-refractivity contribution in [3.05, 3.63) is 34.6 Å². The molecule has 0 aliphatic heterocycles. The van der Waals surface area contributed by atoms with Crippen molar-refractivity contribution in [3.8, 4) is 0 Å². The first-order valence-corrected chi connectivity index (χ1v) is 10.7. The van der Waals surface area contributed by atoms with E-state index in [1.807, 2.05) is 39.0 Å². The second kappa shape index (κ2) is 8.46. The van der Waals surface area contributed by atoms with Gasteiger partial charge in [0.05, 0.1) is 16.2 Å². The molecule has 5 nitrogen and oxygen atoms in total. The van der Waals surface area contributed by atoms with Crippen molar-refractivity contribution in [2.75, 3.05) is 0 Å². The lowest BCUT2D eigenvalue weighted by atomic mass is 9.86. The first kappa shape index (κ1) is 19.9. The molecule has 3 atom stereocenters. The van der Waals surface area contributed by atoms with Crippen LogP contribution in [-0.2, 0) is 4.79 Å². The summed E-state index contributed by atoms with van der Waals surface area (Å²) in [6, 6.07) is 7.61. The van der Waals surface area contributed by atoms with E-state index in [4.69, 9.17) is 0 Å². The minimum absolute atomic E-state index is 0.0225. The Morgan fingerprint density at radius 1 is 1.22 bits per heavy atom. The van der Waals surface area contributed by atoms with Gasteiger partial charge in [-0.1, -0.05) is 43.7 Å². The SMILES string of the molecule is CC(C)n1c(S[C@H](C)C(=O)N[C@H]2CCCC[C@@H]2C)nc2ccccc2c1=O. The Hall–Kier alpha value is -1.82. The standard InChI is InChI=1S/C21H29N3O2S/c1-13(2)24-20(26)16-10-6-8-12-18(16)23-21(24)27-15(4)19(25)22-17-11-7-5-9-14(17)3/h6,8,10,12-15,17H,5,7,9,11H2,1-4H3,(H,22,25)/t14-,15+,17-/m0/s1. The van der Waals surface area contributed by atoms with Gasteiger partial charge in [-0.05, 0) is 51.7 Å². The van der Waals surface area contributed by atoms with Crippen molar-refractivity contribution in [2.45, 2.75) is 75.9 Å². The highest BCUT2D eigenvalue weighted by Crippen LogP contribution is 2.27. The molecule has 27 heavy (non-hydrogen) atoms. The number of hydrogen-bond donors (Lipinski definition) is 1. The van der Waals surface area contributed by atoms with Gasteiger partial charge >= 0.3 is 0 Å². The summed E-state index contributed by atoms with van der Waals surface area (Å²) in [5, 5.41) is 4.13. The number of thioether (sulfide) groups is 1. The number of amides is 1. The molecule has 1 heterocycles. The zero-order chi connectivity index (χ0) is 19.6. The van der Waals surface area contributed by atoms with Crippen LogP contribution in [0.2, 0.25) is 0 Å². The summed E-state index contributed by atoms with van der Waals surface area (Å²) in [4.78, 5) is 30.3. The van der Waals surface area contributed by atoms with Gasteiger partial charge in [-0.15, -0.1) is 0 Å². The van der Waals surface area contributed by atoms with Gasteiger partial charge in [0.25, 0.3) is 5.56 Å². The molecule has 1 aromatic carbocycles. The third-order valence-electron chi connectivity index (χ3n) is 5.38. The predicted molar refractivity (Wildman–Crippen MR) is 111 cm³/mol. The van der Waals surface area contributed by atoms with Crippen molar-refractivity contribution in [1.82, 2.24) is 14.9 Å². The molecule has 0 spiro atoms. The number of benzene rings is 1. The van der Waals surface area contributed by atoms with Crippen LogP contribution in [0.1, 0.15) is 59.4 Å². The highest BCUT2D eigenvalue weighted by molar-refractivity contribution is 8.00. The quantitative estimate of drug-likeness (QED) is 0.618. The lowest BCUT2D eigenvalue weighted by Crippen LogP contribution is -2.44. The average molecular weight is 388 g/mol. The smallest absolute Gasteiger partial charge is 0.262 e.